The number of carbonyl (C=O) groups is 2. The Morgan fingerprint density at radius 1 is 1.25 bits per heavy atom. The zero-order valence-corrected chi connectivity index (χ0v) is 15.6. The Morgan fingerprint density at radius 2 is 2.00 bits per heavy atom. The summed E-state index contributed by atoms with van der Waals surface area (Å²) in [6.45, 7) is 1.47. The van der Waals surface area contributed by atoms with Crippen molar-refractivity contribution >= 4 is 29.2 Å². The number of nitrogens with zero attached hydrogens (tertiary/aromatic N) is 3. The number of benzene rings is 2. The smallest absolute Gasteiger partial charge is 0.338 e. The summed E-state index contributed by atoms with van der Waals surface area (Å²) < 4.78 is 6.88. The van der Waals surface area contributed by atoms with E-state index in [0.717, 1.165) is 5.69 Å². The summed E-state index contributed by atoms with van der Waals surface area (Å²) in [7, 11) is 0. The zero-order valence-electron chi connectivity index (χ0n) is 14.8. The van der Waals surface area contributed by atoms with Crippen LogP contribution in [-0.4, -0.2) is 27.8 Å². The molecule has 0 aliphatic carbocycles. The first-order chi connectivity index (χ1) is 13.5. The molecule has 0 radical (unpaired) electrons. The quantitative estimate of drug-likeness (QED) is 0.667. The van der Waals surface area contributed by atoms with Crippen LogP contribution in [0.25, 0.3) is 5.69 Å². The second-order valence-electron chi connectivity index (χ2n) is 5.84. The van der Waals surface area contributed by atoms with Crippen molar-refractivity contribution in [2.45, 2.75) is 13.0 Å². The minimum atomic E-state index is -1.02. The maximum atomic E-state index is 12.3. The Kier molecular flexibility index (Phi) is 5.72. The summed E-state index contributed by atoms with van der Waals surface area (Å²) in [4.78, 5) is 24.5. The fourth-order valence-corrected chi connectivity index (χ4v) is 2.60. The van der Waals surface area contributed by atoms with Crippen molar-refractivity contribution in [1.29, 1.82) is 5.26 Å². The number of hydrogen-bond donors (Lipinski definition) is 1. The summed E-state index contributed by atoms with van der Waals surface area (Å²) in [5.41, 5.74) is 1.82. The summed E-state index contributed by atoms with van der Waals surface area (Å²) in [5, 5.41) is 15.8. The third-order valence-corrected chi connectivity index (χ3v) is 4.19. The van der Waals surface area contributed by atoms with Crippen LogP contribution in [0.4, 0.5) is 5.69 Å². The Hall–Kier alpha value is -3.63. The number of hydrogen-bond acceptors (Lipinski definition) is 5. The number of aromatic nitrogens is 2. The van der Waals surface area contributed by atoms with E-state index in [-0.39, 0.29) is 5.02 Å². The highest BCUT2D eigenvalue weighted by Crippen LogP contribution is 2.20. The molecule has 1 aromatic heterocycles. The molecule has 8 heteroatoms. The number of amides is 1. The van der Waals surface area contributed by atoms with E-state index in [0.29, 0.717) is 16.8 Å². The van der Waals surface area contributed by atoms with Gasteiger partial charge in [0.25, 0.3) is 5.91 Å². The van der Waals surface area contributed by atoms with Crippen LogP contribution >= 0.6 is 11.6 Å². The predicted molar refractivity (Wildman–Crippen MR) is 103 cm³/mol. The zero-order chi connectivity index (χ0) is 20.1. The highest BCUT2D eigenvalue weighted by atomic mass is 35.5. The largest absolute Gasteiger partial charge is 0.449 e. The molecule has 3 aromatic rings. The summed E-state index contributed by atoms with van der Waals surface area (Å²) in [5.74, 6) is -1.13. The van der Waals surface area contributed by atoms with Gasteiger partial charge in [-0.3, -0.25) is 4.79 Å². The first-order valence-corrected chi connectivity index (χ1v) is 8.67. The van der Waals surface area contributed by atoms with Crippen LogP contribution in [0.15, 0.2) is 60.9 Å². The molecule has 2 aromatic carbocycles. The van der Waals surface area contributed by atoms with Gasteiger partial charge in [-0.15, -0.1) is 0 Å². The Labute approximate surface area is 166 Å². The van der Waals surface area contributed by atoms with Gasteiger partial charge in [-0.05, 0) is 55.5 Å². The van der Waals surface area contributed by atoms with Gasteiger partial charge in [0.05, 0.1) is 21.8 Å². The van der Waals surface area contributed by atoms with E-state index in [1.54, 1.807) is 53.5 Å². The minimum Gasteiger partial charge on any atom is -0.449 e. The van der Waals surface area contributed by atoms with E-state index in [4.69, 9.17) is 21.6 Å². The highest BCUT2D eigenvalue weighted by molar-refractivity contribution is 6.32. The number of carbonyl (C=O) groups excluding carboxylic acids is 2. The Balaban J connectivity index is 1.61. The third-order valence-electron chi connectivity index (χ3n) is 3.88. The normalized spacial score (nSPS) is 11.3. The monoisotopic (exact) mass is 394 g/mol. The molecule has 1 atom stereocenters. The summed E-state index contributed by atoms with van der Waals surface area (Å²) in [6, 6.07) is 14.9. The van der Waals surface area contributed by atoms with Crippen molar-refractivity contribution in [2.75, 3.05) is 5.32 Å². The molecule has 1 amide bonds. The van der Waals surface area contributed by atoms with E-state index in [1.807, 2.05) is 6.07 Å². The molecule has 7 nitrogen and oxygen atoms in total. The fourth-order valence-electron chi connectivity index (χ4n) is 2.38. The van der Waals surface area contributed by atoms with Crippen molar-refractivity contribution in [3.05, 3.63) is 77.1 Å². The number of nitrogens with one attached hydrogen (secondary N) is 1. The van der Waals surface area contributed by atoms with Gasteiger partial charge in [-0.2, -0.15) is 10.4 Å². The highest BCUT2D eigenvalue weighted by Gasteiger charge is 2.19. The second kappa shape index (κ2) is 8.37. The van der Waals surface area contributed by atoms with Crippen molar-refractivity contribution in [2.24, 2.45) is 0 Å². The van der Waals surface area contributed by atoms with E-state index >= 15 is 0 Å². The maximum absolute atomic E-state index is 12.3. The van der Waals surface area contributed by atoms with Gasteiger partial charge in [0.2, 0.25) is 0 Å². The SMILES string of the molecule is CC(OC(=O)c1ccc(-n2cccn2)cc1)C(=O)Nc1ccc(C#N)c(Cl)c1. The van der Waals surface area contributed by atoms with Crippen LogP contribution in [0.5, 0.6) is 0 Å². The molecule has 28 heavy (non-hydrogen) atoms. The Morgan fingerprint density at radius 3 is 2.61 bits per heavy atom. The molecule has 0 fully saturated rings. The van der Waals surface area contributed by atoms with Crippen molar-refractivity contribution in [3.8, 4) is 11.8 Å². The molecule has 3 rings (SSSR count). The molecule has 140 valence electrons. The summed E-state index contributed by atoms with van der Waals surface area (Å²) in [6.07, 6.45) is 2.42. The minimum absolute atomic E-state index is 0.224. The number of ether oxygens (including phenoxy) is 1. The lowest BCUT2D eigenvalue weighted by Gasteiger charge is -2.14. The van der Waals surface area contributed by atoms with Crippen LogP contribution in [-0.2, 0) is 9.53 Å². The molecule has 1 unspecified atom stereocenters. The first kappa shape index (κ1) is 19.1. The lowest BCUT2D eigenvalue weighted by molar-refractivity contribution is -0.123. The van der Waals surface area contributed by atoms with Gasteiger partial charge in [0, 0.05) is 18.1 Å². The average molecular weight is 395 g/mol. The molecule has 0 saturated heterocycles. The topological polar surface area (TPSA) is 97.0 Å². The van der Waals surface area contributed by atoms with Gasteiger partial charge >= 0.3 is 5.97 Å². The third kappa shape index (κ3) is 4.37. The van der Waals surface area contributed by atoms with Crippen LogP contribution in [0.1, 0.15) is 22.8 Å². The van der Waals surface area contributed by atoms with E-state index in [2.05, 4.69) is 10.4 Å². The van der Waals surface area contributed by atoms with Gasteiger partial charge in [0.15, 0.2) is 6.10 Å². The molecule has 0 saturated carbocycles. The fraction of sp³-hybridized carbons (Fsp3) is 0.100. The van der Waals surface area contributed by atoms with E-state index in [9.17, 15) is 9.59 Å². The molecule has 0 aliphatic heterocycles. The molecule has 0 spiro atoms. The summed E-state index contributed by atoms with van der Waals surface area (Å²) >= 11 is 5.94. The van der Waals surface area contributed by atoms with Crippen molar-refractivity contribution in [3.63, 3.8) is 0 Å². The maximum Gasteiger partial charge on any atom is 0.338 e. The van der Waals surface area contributed by atoms with Gasteiger partial charge in [0.1, 0.15) is 6.07 Å². The molecule has 1 heterocycles. The number of esters is 1. The molecular weight excluding hydrogens is 380 g/mol. The predicted octanol–water partition coefficient (Wildman–Crippen LogP) is 3.58. The lowest BCUT2D eigenvalue weighted by atomic mass is 10.2. The van der Waals surface area contributed by atoms with Gasteiger partial charge < -0.3 is 10.1 Å². The average Bonchev–Trinajstić information content (AvgIpc) is 3.23. The number of anilines is 1. The van der Waals surface area contributed by atoms with Crippen molar-refractivity contribution < 1.29 is 14.3 Å². The van der Waals surface area contributed by atoms with Crippen LogP contribution in [0.3, 0.4) is 0 Å². The second-order valence-corrected chi connectivity index (χ2v) is 6.25. The molecule has 1 N–H and O–H groups in total. The number of halogens is 1. The van der Waals surface area contributed by atoms with Crippen molar-refractivity contribution in [1.82, 2.24) is 9.78 Å². The number of rotatable bonds is 5. The van der Waals surface area contributed by atoms with Crippen LogP contribution in [0.2, 0.25) is 5.02 Å². The first-order valence-electron chi connectivity index (χ1n) is 8.29. The molecular formula is C20H15ClN4O3. The molecule has 0 bridgehead atoms. The number of nitriles is 1. The standard InChI is InChI=1S/C20H15ClN4O3/c1-13(19(26)24-16-6-3-15(12-22)18(21)11-16)28-20(27)14-4-7-17(8-5-14)25-10-2-9-23-25/h2-11,13H,1H3,(H,24,26). The van der Waals surface area contributed by atoms with Crippen LogP contribution in [0, 0.1) is 11.3 Å². The van der Waals surface area contributed by atoms with E-state index < -0.39 is 18.0 Å². The molecule has 0 aliphatic rings. The Bertz CT molecular complexity index is 1040. The van der Waals surface area contributed by atoms with E-state index in [1.165, 1.54) is 19.1 Å². The van der Waals surface area contributed by atoms with Gasteiger partial charge in [-0.1, -0.05) is 11.6 Å². The lowest BCUT2D eigenvalue weighted by Crippen LogP contribution is -2.30. The van der Waals surface area contributed by atoms with Gasteiger partial charge in [-0.25, -0.2) is 9.48 Å². The van der Waals surface area contributed by atoms with Crippen LogP contribution < -0.4 is 5.32 Å².